The summed E-state index contributed by atoms with van der Waals surface area (Å²) >= 11 is 0. The molecule has 78 valence electrons. The minimum absolute atomic E-state index is 0.812. The Kier molecular flexibility index (Phi) is 3.22. The van der Waals surface area contributed by atoms with Crippen LogP contribution in [0.4, 0.5) is 0 Å². The Labute approximate surface area is 84.9 Å². The molecule has 1 aliphatic carbocycles. The summed E-state index contributed by atoms with van der Waals surface area (Å²) in [7, 11) is 0. The fraction of sp³-hybridized carbons (Fsp3) is 0.636. The van der Waals surface area contributed by atoms with Crippen LogP contribution in [0.3, 0.4) is 0 Å². The predicted molar refractivity (Wildman–Crippen MR) is 56.2 cm³/mol. The molecule has 0 atom stereocenters. The maximum atomic E-state index is 5.21. The van der Waals surface area contributed by atoms with Crippen LogP contribution in [-0.4, -0.2) is 19.1 Å². The highest BCUT2D eigenvalue weighted by Crippen LogP contribution is 2.17. The smallest absolute Gasteiger partial charge is 0.105 e. The maximum Gasteiger partial charge on any atom is 0.105 e. The third-order valence-electron chi connectivity index (χ3n) is 2.59. The average Bonchev–Trinajstić information content (AvgIpc) is 2.91. The largest absolute Gasteiger partial charge is 0.469 e. The minimum Gasteiger partial charge on any atom is -0.469 e. The van der Waals surface area contributed by atoms with Crippen molar-refractivity contribution >= 4 is 0 Å². The molecule has 0 aromatic carbocycles. The zero-order valence-corrected chi connectivity index (χ0v) is 8.68. The lowest BCUT2D eigenvalue weighted by atomic mass is 10.2. The fourth-order valence-electron chi connectivity index (χ4n) is 1.47. The van der Waals surface area contributed by atoms with E-state index >= 15 is 0 Å². The second-order valence-electron chi connectivity index (χ2n) is 3.91. The van der Waals surface area contributed by atoms with E-state index in [1.165, 1.54) is 18.4 Å². The third kappa shape index (κ3) is 2.86. The van der Waals surface area contributed by atoms with Crippen LogP contribution in [0.1, 0.15) is 24.2 Å². The molecular formula is C11H18N2O. The fourth-order valence-corrected chi connectivity index (χ4v) is 1.47. The maximum absolute atomic E-state index is 5.21. The average molecular weight is 194 g/mol. The van der Waals surface area contributed by atoms with Crippen molar-refractivity contribution in [3.05, 3.63) is 23.7 Å². The van der Waals surface area contributed by atoms with E-state index in [1.54, 1.807) is 6.26 Å². The molecule has 0 unspecified atom stereocenters. The summed E-state index contributed by atoms with van der Waals surface area (Å²) in [6.07, 6.45) is 4.47. The zero-order valence-electron chi connectivity index (χ0n) is 8.68. The lowest BCUT2D eigenvalue weighted by Crippen LogP contribution is -2.28. The van der Waals surface area contributed by atoms with Gasteiger partial charge in [0.25, 0.3) is 0 Å². The SMILES string of the molecule is Cc1occc1CNCCNC1CC1. The first-order chi connectivity index (χ1) is 6.86. The van der Waals surface area contributed by atoms with Crippen LogP contribution in [0.5, 0.6) is 0 Å². The molecule has 0 saturated heterocycles. The van der Waals surface area contributed by atoms with Gasteiger partial charge in [0.1, 0.15) is 5.76 Å². The van der Waals surface area contributed by atoms with Crippen molar-refractivity contribution in [2.75, 3.05) is 13.1 Å². The summed E-state index contributed by atoms with van der Waals surface area (Å²) in [5, 5.41) is 6.85. The molecule has 1 heterocycles. The van der Waals surface area contributed by atoms with E-state index in [0.29, 0.717) is 0 Å². The highest BCUT2D eigenvalue weighted by molar-refractivity contribution is 5.14. The monoisotopic (exact) mass is 194 g/mol. The Hall–Kier alpha value is -0.800. The first-order valence-electron chi connectivity index (χ1n) is 5.33. The second-order valence-corrected chi connectivity index (χ2v) is 3.91. The van der Waals surface area contributed by atoms with Gasteiger partial charge in [-0.2, -0.15) is 0 Å². The van der Waals surface area contributed by atoms with Crippen molar-refractivity contribution in [2.24, 2.45) is 0 Å². The summed E-state index contributed by atoms with van der Waals surface area (Å²) in [4.78, 5) is 0. The van der Waals surface area contributed by atoms with E-state index < -0.39 is 0 Å². The van der Waals surface area contributed by atoms with Crippen molar-refractivity contribution in [3.63, 3.8) is 0 Å². The quantitative estimate of drug-likeness (QED) is 0.673. The van der Waals surface area contributed by atoms with Crippen LogP contribution in [0, 0.1) is 6.92 Å². The molecule has 2 rings (SSSR count). The molecule has 0 aliphatic heterocycles. The van der Waals surface area contributed by atoms with Crippen molar-refractivity contribution in [2.45, 2.75) is 32.4 Å². The van der Waals surface area contributed by atoms with Gasteiger partial charge in [-0.05, 0) is 25.8 Å². The number of aryl methyl sites for hydroxylation is 1. The zero-order chi connectivity index (χ0) is 9.80. The Morgan fingerprint density at radius 2 is 2.29 bits per heavy atom. The van der Waals surface area contributed by atoms with E-state index in [4.69, 9.17) is 4.42 Å². The summed E-state index contributed by atoms with van der Waals surface area (Å²) in [6, 6.07) is 2.84. The Bertz CT molecular complexity index is 279. The van der Waals surface area contributed by atoms with Crippen molar-refractivity contribution in [3.8, 4) is 0 Å². The second kappa shape index (κ2) is 4.62. The number of hydrogen-bond acceptors (Lipinski definition) is 3. The van der Waals surface area contributed by atoms with Gasteiger partial charge >= 0.3 is 0 Å². The van der Waals surface area contributed by atoms with E-state index in [2.05, 4.69) is 10.6 Å². The van der Waals surface area contributed by atoms with Crippen LogP contribution in [0.25, 0.3) is 0 Å². The molecule has 1 saturated carbocycles. The first kappa shape index (κ1) is 9.74. The van der Waals surface area contributed by atoms with E-state index in [9.17, 15) is 0 Å². The molecule has 1 fully saturated rings. The van der Waals surface area contributed by atoms with Crippen molar-refractivity contribution in [1.29, 1.82) is 0 Å². The van der Waals surface area contributed by atoms with Crippen LogP contribution in [0.15, 0.2) is 16.7 Å². The Morgan fingerprint density at radius 1 is 1.43 bits per heavy atom. The Morgan fingerprint density at radius 3 is 2.93 bits per heavy atom. The highest BCUT2D eigenvalue weighted by Gasteiger charge is 2.19. The topological polar surface area (TPSA) is 37.2 Å². The van der Waals surface area contributed by atoms with Gasteiger partial charge in [-0.3, -0.25) is 0 Å². The van der Waals surface area contributed by atoms with Gasteiger partial charge in [0.15, 0.2) is 0 Å². The van der Waals surface area contributed by atoms with Crippen LogP contribution >= 0.6 is 0 Å². The van der Waals surface area contributed by atoms with Crippen LogP contribution in [0.2, 0.25) is 0 Å². The molecule has 0 radical (unpaired) electrons. The van der Waals surface area contributed by atoms with E-state index in [0.717, 1.165) is 31.4 Å². The van der Waals surface area contributed by atoms with Gasteiger partial charge in [-0.25, -0.2) is 0 Å². The number of nitrogens with one attached hydrogen (secondary N) is 2. The van der Waals surface area contributed by atoms with Gasteiger partial charge < -0.3 is 15.1 Å². The standard InChI is InChI=1S/C11H18N2O/c1-9-10(4-7-14-9)8-12-5-6-13-11-2-3-11/h4,7,11-13H,2-3,5-6,8H2,1H3. The molecule has 2 N–H and O–H groups in total. The highest BCUT2D eigenvalue weighted by atomic mass is 16.3. The normalized spacial score (nSPS) is 16.1. The molecule has 3 heteroatoms. The lowest BCUT2D eigenvalue weighted by Gasteiger charge is -2.04. The van der Waals surface area contributed by atoms with Crippen LogP contribution in [-0.2, 0) is 6.54 Å². The summed E-state index contributed by atoms with van der Waals surface area (Å²) in [5.74, 6) is 1.02. The molecule has 0 amide bonds. The lowest BCUT2D eigenvalue weighted by molar-refractivity contribution is 0.525. The summed E-state index contributed by atoms with van der Waals surface area (Å²) in [5.41, 5.74) is 1.26. The number of rotatable bonds is 6. The summed E-state index contributed by atoms with van der Waals surface area (Å²) < 4.78 is 5.21. The molecule has 1 aliphatic rings. The van der Waals surface area contributed by atoms with Gasteiger partial charge in [0.05, 0.1) is 6.26 Å². The van der Waals surface area contributed by atoms with Crippen LogP contribution < -0.4 is 10.6 Å². The third-order valence-corrected chi connectivity index (χ3v) is 2.59. The first-order valence-corrected chi connectivity index (χ1v) is 5.33. The number of furan rings is 1. The van der Waals surface area contributed by atoms with Gasteiger partial charge in [0, 0.05) is 31.2 Å². The molecule has 1 aromatic heterocycles. The van der Waals surface area contributed by atoms with Gasteiger partial charge in [-0.1, -0.05) is 0 Å². The van der Waals surface area contributed by atoms with Gasteiger partial charge in [0.2, 0.25) is 0 Å². The molecular weight excluding hydrogens is 176 g/mol. The predicted octanol–water partition coefficient (Wildman–Crippen LogP) is 1.43. The molecule has 14 heavy (non-hydrogen) atoms. The minimum atomic E-state index is 0.812. The molecule has 1 aromatic rings. The van der Waals surface area contributed by atoms with Gasteiger partial charge in [-0.15, -0.1) is 0 Å². The summed E-state index contributed by atoms with van der Waals surface area (Å²) in [6.45, 7) is 5.01. The van der Waals surface area contributed by atoms with E-state index in [-0.39, 0.29) is 0 Å². The molecule has 3 nitrogen and oxygen atoms in total. The Balaban J connectivity index is 1.56. The molecule has 0 spiro atoms. The van der Waals surface area contributed by atoms with Crippen molar-refractivity contribution < 1.29 is 4.42 Å². The van der Waals surface area contributed by atoms with E-state index in [1.807, 2.05) is 13.0 Å². The molecule has 0 bridgehead atoms. The van der Waals surface area contributed by atoms with Crippen molar-refractivity contribution in [1.82, 2.24) is 10.6 Å². The number of hydrogen-bond donors (Lipinski definition) is 2.